The quantitative estimate of drug-likeness (QED) is 0.576. The summed E-state index contributed by atoms with van der Waals surface area (Å²) in [5.41, 5.74) is 1.19. The van der Waals surface area contributed by atoms with Crippen molar-refractivity contribution in [1.82, 2.24) is 4.90 Å². The molecular formula is C14H18FNO. The van der Waals surface area contributed by atoms with Crippen LogP contribution in [-0.2, 0) is 0 Å². The molecule has 1 aromatic carbocycles. The van der Waals surface area contributed by atoms with Gasteiger partial charge in [-0.25, -0.2) is 4.39 Å². The van der Waals surface area contributed by atoms with E-state index in [9.17, 15) is 9.18 Å². The summed E-state index contributed by atoms with van der Waals surface area (Å²) in [6.45, 7) is 7.59. The van der Waals surface area contributed by atoms with E-state index in [-0.39, 0.29) is 11.6 Å². The van der Waals surface area contributed by atoms with E-state index in [4.69, 9.17) is 0 Å². The summed E-state index contributed by atoms with van der Waals surface area (Å²) >= 11 is 0. The number of hydrogen-bond donors (Lipinski definition) is 0. The van der Waals surface area contributed by atoms with Gasteiger partial charge in [-0.2, -0.15) is 0 Å². The molecule has 0 atom stereocenters. The Hall–Kier alpha value is -1.64. The van der Waals surface area contributed by atoms with Crippen molar-refractivity contribution in [3.05, 3.63) is 47.4 Å². The lowest BCUT2D eigenvalue weighted by molar-refractivity contribution is 0.103. The van der Waals surface area contributed by atoms with Gasteiger partial charge >= 0.3 is 0 Å². The van der Waals surface area contributed by atoms with Gasteiger partial charge in [-0.3, -0.25) is 4.79 Å². The maximum absolute atomic E-state index is 12.7. The van der Waals surface area contributed by atoms with Crippen LogP contribution in [0.3, 0.4) is 0 Å². The van der Waals surface area contributed by atoms with Crippen LogP contribution < -0.4 is 0 Å². The highest BCUT2D eigenvalue weighted by Crippen LogP contribution is 2.10. The summed E-state index contributed by atoms with van der Waals surface area (Å²) in [6.07, 6.45) is 1.85. The summed E-state index contributed by atoms with van der Waals surface area (Å²) in [5.74, 6) is -0.385. The van der Waals surface area contributed by atoms with Gasteiger partial charge in [-0.15, -0.1) is 0 Å². The molecule has 1 rings (SSSR count). The van der Waals surface area contributed by atoms with Crippen LogP contribution in [0.25, 0.3) is 0 Å². The summed E-state index contributed by atoms with van der Waals surface area (Å²) in [4.78, 5) is 14.1. The standard InChI is InChI=1S/C14H18FNO/c1-4-16(5-2)10-11(3)14(17)12-6-8-13(15)9-7-12/h6-10H,4-5H2,1-3H3/b11-10+. The number of benzene rings is 1. The predicted molar refractivity (Wildman–Crippen MR) is 67.4 cm³/mol. The smallest absolute Gasteiger partial charge is 0.190 e. The Balaban J connectivity index is 2.86. The second-order valence-corrected chi connectivity index (χ2v) is 3.87. The Bertz CT molecular complexity index is 405. The minimum absolute atomic E-state index is 0.0584. The van der Waals surface area contributed by atoms with Crippen molar-refractivity contribution in [2.75, 3.05) is 13.1 Å². The van der Waals surface area contributed by atoms with Crippen LogP contribution in [0.4, 0.5) is 4.39 Å². The van der Waals surface area contributed by atoms with E-state index >= 15 is 0 Å². The molecule has 17 heavy (non-hydrogen) atoms. The molecule has 0 fully saturated rings. The molecule has 0 spiro atoms. The third-order valence-electron chi connectivity index (χ3n) is 2.65. The summed E-state index contributed by atoms with van der Waals surface area (Å²) in [6, 6.07) is 5.63. The second kappa shape index (κ2) is 6.18. The zero-order chi connectivity index (χ0) is 12.8. The van der Waals surface area contributed by atoms with E-state index < -0.39 is 0 Å². The van der Waals surface area contributed by atoms with Crippen molar-refractivity contribution < 1.29 is 9.18 Å². The van der Waals surface area contributed by atoms with E-state index in [0.29, 0.717) is 11.1 Å². The SMILES string of the molecule is CCN(/C=C(\C)C(=O)c1ccc(F)cc1)CC. The number of carbonyl (C=O) groups excluding carboxylic acids is 1. The predicted octanol–water partition coefficient (Wildman–Crippen LogP) is 3.25. The van der Waals surface area contributed by atoms with Crippen molar-refractivity contribution in [1.29, 1.82) is 0 Å². The van der Waals surface area contributed by atoms with Crippen LogP contribution in [-0.4, -0.2) is 23.8 Å². The van der Waals surface area contributed by atoms with E-state index in [0.717, 1.165) is 13.1 Å². The van der Waals surface area contributed by atoms with Gasteiger partial charge in [0.25, 0.3) is 0 Å². The molecule has 92 valence electrons. The Morgan fingerprint density at radius 2 is 1.76 bits per heavy atom. The molecule has 0 aliphatic rings. The van der Waals surface area contributed by atoms with E-state index in [1.165, 1.54) is 24.3 Å². The first-order valence-electron chi connectivity index (χ1n) is 5.81. The minimum atomic E-state index is -0.327. The highest BCUT2D eigenvalue weighted by atomic mass is 19.1. The largest absolute Gasteiger partial charge is 0.378 e. The molecule has 0 aromatic heterocycles. The van der Waals surface area contributed by atoms with Crippen LogP contribution in [0.1, 0.15) is 31.1 Å². The molecule has 0 saturated carbocycles. The van der Waals surface area contributed by atoms with Gasteiger partial charge in [0.05, 0.1) is 0 Å². The normalized spacial score (nSPS) is 11.4. The first kappa shape index (κ1) is 13.4. The fourth-order valence-corrected chi connectivity index (χ4v) is 1.57. The fraction of sp³-hybridized carbons (Fsp3) is 0.357. The molecule has 0 aliphatic heterocycles. The molecule has 0 bridgehead atoms. The van der Waals surface area contributed by atoms with Crippen molar-refractivity contribution >= 4 is 5.78 Å². The van der Waals surface area contributed by atoms with Crippen molar-refractivity contribution in [2.45, 2.75) is 20.8 Å². The van der Waals surface area contributed by atoms with Crippen molar-refractivity contribution in [3.8, 4) is 0 Å². The fourth-order valence-electron chi connectivity index (χ4n) is 1.57. The summed E-state index contributed by atoms with van der Waals surface area (Å²) in [5, 5.41) is 0. The zero-order valence-corrected chi connectivity index (χ0v) is 10.5. The molecule has 2 nitrogen and oxygen atoms in total. The Labute approximate surface area is 102 Å². The minimum Gasteiger partial charge on any atom is -0.378 e. The Morgan fingerprint density at radius 3 is 2.24 bits per heavy atom. The van der Waals surface area contributed by atoms with Gasteiger partial charge in [-0.05, 0) is 45.0 Å². The van der Waals surface area contributed by atoms with E-state index in [1.807, 2.05) is 20.0 Å². The third-order valence-corrected chi connectivity index (χ3v) is 2.65. The molecule has 0 aliphatic carbocycles. The van der Waals surface area contributed by atoms with Crippen LogP contribution >= 0.6 is 0 Å². The van der Waals surface area contributed by atoms with E-state index in [1.54, 1.807) is 6.92 Å². The molecule has 0 amide bonds. The highest BCUT2D eigenvalue weighted by Gasteiger charge is 2.08. The number of halogens is 1. The van der Waals surface area contributed by atoms with Crippen LogP contribution in [0.2, 0.25) is 0 Å². The first-order chi connectivity index (χ1) is 8.08. The lowest BCUT2D eigenvalue weighted by Crippen LogP contribution is -2.17. The number of Topliss-reactive ketones (excluding diaryl/α,β-unsaturated/α-hetero) is 1. The molecule has 3 heteroatoms. The monoisotopic (exact) mass is 235 g/mol. The van der Waals surface area contributed by atoms with Gasteiger partial charge in [0.15, 0.2) is 5.78 Å². The molecule has 0 unspecified atom stereocenters. The molecule has 0 N–H and O–H groups in total. The van der Waals surface area contributed by atoms with Crippen molar-refractivity contribution in [3.63, 3.8) is 0 Å². The Kier molecular flexibility index (Phi) is 4.88. The lowest BCUT2D eigenvalue weighted by atomic mass is 10.1. The van der Waals surface area contributed by atoms with Gasteiger partial charge in [0.2, 0.25) is 0 Å². The summed E-state index contributed by atoms with van der Waals surface area (Å²) in [7, 11) is 0. The zero-order valence-electron chi connectivity index (χ0n) is 10.5. The number of rotatable bonds is 5. The number of hydrogen-bond acceptors (Lipinski definition) is 2. The van der Waals surface area contributed by atoms with Crippen molar-refractivity contribution in [2.24, 2.45) is 0 Å². The highest BCUT2D eigenvalue weighted by molar-refractivity contribution is 6.08. The van der Waals surface area contributed by atoms with Crippen LogP contribution in [0.5, 0.6) is 0 Å². The third kappa shape index (κ3) is 3.70. The average Bonchev–Trinajstić information content (AvgIpc) is 2.35. The second-order valence-electron chi connectivity index (χ2n) is 3.87. The number of ketones is 1. The van der Waals surface area contributed by atoms with Gasteiger partial charge < -0.3 is 4.90 Å². The number of allylic oxidation sites excluding steroid dienone is 1. The Morgan fingerprint density at radius 1 is 1.24 bits per heavy atom. The number of carbonyl (C=O) groups is 1. The molecule has 0 saturated heterocycles. The maximum Gasteiger partial charge on any atom is 0.190 e. The van der Waals surface area contributed by atoms with Gasteiger partial charge in [0.1, 0.15) is 5.82 Å². The van der Waals surface area contributed by atoms with E-state index in [2.05, 4.69) is 4.90 Å². The molecular weight excluding hydrogens is 217 g/mol. The topological polar surface area (TPSA) is 20.3 Å². The molecule has 0 heterocycles. The van der Waals surface area contributed by atoms with Gasteiger partial charge in [0, 0.05) is 30.4 Å². The van der Waals surface area contributed by atoms with Gasteiger partial charge in [-0.1, -0.05) is 0 Å². The first-order valence-corrected chi connectivity index (χ1v) is 5.81. The van der Waals surface area contributed by atoms with Crippen LogP contribution in [0.15, 0.2) is 36.0 Å². The summed E-state index contributed by atoms with van der Waals surface area (Å²) < 4.78 is 12.7. The van der Waals surface area contributed by atoms with Crippen LogP contribution in [0, 0.1) is 5.82 Å². The lowest BCUT2D eigenvalue weighted by Gasteiger charge is -2.16. The molecule has 1 aromatic rings. The maximum atomic E-state index is 12.7. The number of nitrogens with zero attached hydrogens (tertiary/aromatic N) is 1. The molecule has 0 radical (unpaired) electrons. The average molecular weight is 235 g/mol.